The zero-order valence-electron chi connectivity index (χ0n) is 19.5. The van der Waals surface area contributed by atoms with Crippen molar-refractivity contribution < 1.29 is 18.7 Å². The SMILES string of the molecule is CC(C)c1ccc(NC(=O)Nc2ccc3c(c2)CN(C(C)c2ccc(F)cc2)C(=O)CO3)cc1. The van der Waals surface area contributed by atoms with Crippen molar-refractivity contribution in [1.29, 1.82) is 0 Å². The fourth-order valence-corrected chi connectivity index (χ4v) is 3.93. The molecule has 1 unspecified atom stereocenters. The number of hydrogen-bond donors (Lipinski definition) is 2. The Balaban J connectivity index is 1.47. The molecule has 4 rings (SSSR count). The Labute approximate surface area is 198 Å². The minimum absolute atomic E-state index is 0.0852. The molecule has 6 nitrogen and oxygen atoms in total. The maximum Gasteiger partial charge on any atom is 0.323 e. The number of halogens is 1. The lowest BCUT2D eigenvalue weighted by Crippen LogP contribution is -2.34. The quantitative estimate of drug-likeness (QED) is 0.484. The van der Waals surface area contributed by atoms with E-state index in [0.29, 0.717) is 29.6 Å². The summed E-state index contributed by atoms with van der Waals surface area (Å²) < 4.78 is 19.0. The van der Waals surface area contributed by atoms with Crippen molar-refractivity contribution in [3.8, 4) is 5.75 Å². The average Bonchev–Trinajstić information content (AvgIpc) is 2.98. The normalized spacial score (nSPS) is 14.1. The molecule has 0 spiro atoms. The number of amides is 3. The molecule has 0 bridgehead atoms. The van der Waals surface area contributed by atoms with Crippen LogP contribution in [-0.4, -0.2) is 23.4 Å². The summed E-state index contributed by atoms with van der Waals surface area (Å²) in [7, 11) is 0. The molecule has 0 aromatic heterocycles. The summed E-state index contributed by atoms with van der Waals surface area (Å²) in [5.41, 5.74) is 4.09. The minimum atomic E-state index is -0.362. The third-order valence-corrected chi connectivity index (χ3v) is 5.99. The molecule has 3 amide bonds. The van der Waals surface area contributed by atoms with Crippen molar-refractivity contribution in [3.63, 3.8) is 0 Å². The lowest BCUT2D eigenvalue weighted by molar-refractivity contribution is -0.135. The molecule has 0 aliphatic carbocycles. The van der Waals surface area contributed by atoms with Crippen LogP contribution in [0.2, 0.25) is 0 Å². The highest BCUT2D eigenvalue weighted by Gasteiger charge is 2.27. The lowest BCUT2D eigenvalue weighted by atomic mass is 10.0. The van der Waals surface area contributed by atoms with Gasteiger partial charge in [0.05, 0.1) is 12.6 Å². The van der Waals surface area contributed by atoms with E-state index < -0.39 is 0 Å². The van der Waals surface area contributed by atoms with Gasteiger partial charge < -0.3 is 20.3 Å². The molecular weight excluding hydrogens is 433 g/mol. The van der Waals surface area contributed by atoms with E-state index in [-0.39, 0.29) is 30.4 Å². The number of hydrogen-bond acceptors (Lipinski definition) is 3. The third-order valence-electron chi connectivity index (χ3n) is 5.99. The first-order valence-corrected chi connectivity index (χ1v) is 11.3. The monoisotopic (exact) mass is 461 g/mol. The Morgan fingerprint density at radius 2 is 1.53 bits per heavy atom. The van der Waals surface area contributed by atoms with Gasteiger partial charge in [0.2, 0.25) is 0 Å². The van der Waals surface area contributed by atoms with E-state index in [1.807, 2.05) is 31.2 Å². The molecule has 7 heteroatoms. The van der Waals surface area contributed by atoms with E-state index in [4.69, 9.17) is 4.74 Å². The van der Waals surface area contributed by atoms with Crippen LogP contribution in [-0.2, 0) is 11.3 Å². The maximum absolute atomic E-state index is 13.3. The predicted molar refractivity (Wildman–Crippen MR) is 130 cm³/mol. The second-order valence-electron chi connectivity index (χ2n) is 8.72. The molecule has 1 aliphatic heterocycles. The molecule has 0 radical (unpaired) electrons. The Morgan fingerprint density at radius 3 is 2.21 bits per heavy atom. The fourth-order valence-electron chi connectivity index (χ4n) is 3.93. The summed E-state index contributed by atoms with van der Waals surface area (Å²) in [5.74, 6) is 0.529. The highest BCUT2D eigenvalue weighted by molar-refractivity contribution is 5.99. The van der Waals surface area contributed by atoms with Gasteiger partial charge in [-0.1, -0.05) is 38.1 Å². The van der Waals surface area contributed by atoms with Crippen LogP contribution in [0.3, 0.4) is 0 Å². The number of fused-ring (bicyclic) bond motifs is 1. The van der Waals surface area contributed by atoms with Crippen molar-refractivity contribution in [2.24, 2.45) is 0 Å². The van der Waals surface area contributed by atoms with Crippen LogP contribution < -0.4 is 15.4 Å². The molecule has 2 N–H and O–H groups in total. The molecule has 0 saturated carbocycles. The Bertz CT molecular complexity index is 1180. The molecule has 1 aliphatic rings. The Morgan fingerprint density at radius 1 is 0.912 bits per heavy atom. The predicted octanol–water partition coefficient (Wildman–Crippen LogP) is 6.08. The highest BCUT2D eigenvalue weighted by Crippen LogP contribution is 2.31. The standard InChI is InChI=1S/C27H28FN3O3/c1-17(2)19-6-10-23(11-7-19)29-27(33)30-24-12-13-25-21(14-24)15-31(26(32)16-34-25)18(3)20-4-8-22(28)9-5-20/h4-14,17-18H,15-16H2,1-3H3,(H2,29,30,33). The van der Waals surface area contributed by atoms with Crippen LogP contribution >= 0.6 is 0 Å². The number of rotatable bonds is 5. The molecule has 3 aromatic carbocycles. The van der Waals surface area contributed by atoms with Crippen LogP contribution in [0.5, 0.6) is 5.75 Å². The van der Waals surface area contributed by atoms with Crippen LogP contribution in [0, 0.1) is 5.82 Å². The van der Waals surface area contributed by atoms with Gasteiger partial charge in [0.25, 0.3) is 5.91 Å². The smallest absolute Gasteiger partial charge is 0.323 e. The van der Waals surface area contributed by atoms with Gasteiger partial charge in [0.1, 0.15) is 11.6 Å². The molecule has 34 heavy (non-hydrogen) atoms. The fraction of sp³-hybridized carbons (Fsp3) is 0.259. The first kappa shape index (κ1) is 23.3. The number of urea groups is 1. The van der Waals surface area contributed by atoms with Crippen molar-refractivity contribution in [1.82, 2.24) is 4.90 Å². The van der Waals surface area contributed by atoms with Crippen molar-refractivity contribution in [2.75, 3.05) is 17.2 Å². The van der Waals surface area contributed by atoms with E-state index >= 15 is 0 Å². The lowest BCUT2D eigenvalue weighted by Gasteiger charge is -2.28. The Hall–Kier alpha value is -3.87. The first-order valence-electron chi connectivity index (χ1n) is 11.3. The van der Waals surface area contributed by atoms with Gasteiger partial charge in [-0.15, -0.1) is 0 Å². The highest BCUT2D eigenvalue weighted by atomic mass is 19.1. The van der Waals surface area contributed by atoms with E-state index in [2.05, 4.69) is 24.5 Å². The third kappa shape index (κ3) is 5.36. The molecule has 176 valence electrons. The summed E-state index contributed by atoms with van der Waals surface area (Å²) in [6, 6.07) is 18.5. The van der Waals surface area contributed by atoms with Crippen molar-refractivity contribution in [2.45, 2.75) is 39.3 Å². The van der Waals surface area contributed by atoms with Crippen molar-refractivity contribution in [3.05, 3.63) is 89.2 Å². The van der Waals surface area contributed by atoms with Crippen LogP contribution in [0.4, 0.5) is 20.6 Å². The van der Waals surface area contributed by atoms with Gasteiger partial charge in [0, 0.05) is 16.9 Å². The summed E-state index contributed by atoms with van der Waals surface area (Å²) >= 11 is 0. The van der Waals surface area contributed by atoms with E-state index in [0.717, 1.165) is 11.1 Å². The number of ether oxygens (including phenoxy) is 1. The second kappa shape index (κ2) is 9.95. The van der Waals surface area contributed by atoms with Crippen molar-refractivity contribution >= 4 is 23.3 Å². The number of nitrogens with zero attached hydrogens (tertiary/aromatic N) is 1. The molecular formula is C27H28FN3O3. The second-order valence-corrected chi connectivity index (χ2v) is 8.72. The van der Waals surface area contributed by atoms with Crippen LogP contribution in [0.25, 0.3) is 0 Å². The number of benzene rings is 3. The maximum atomic E-state index is 13.3. The topological polar surface area (TPSA) is 70.7 Å². The van der Waals surface area contributed by atoms with Gasteiger partial charge in [0.15, 0.2) is 6.61 Å². The van der Waals surface area contributed by atoms with Gasteiger partial charge in [-0.05, 0) is 66.4 Å². The van der Waals surface area contributed by atoms with E-state index in [1.165, 1.54) is 17.7 Å². The summed E-state index contributed by atoms with van der Waals surface area (Å²) in [6.45, 7) is 6.35. The van der Waals surface area contributed by atoms with E-state index in [9.17, 15) is 14.0 Å². The zero-order valence-corrected chi connectivity index (χ0v) is 19.5. The average molecular weight is 462 g/mol. The molecule has 0 fully saturated rings. The first-order chi connectivity index (χ1) is 16.3. The number of anilines is 2. The van der Waals surface area contributed by atoms with Crippen LogP contribution in [0.15, 0.2) is 66.7 Å². The van der Waals surface area contributed by atoms with Gasteiger partial charge >= 0.3 is 6.03 Å². The zero-order chi connectivity index (χ0) is 24.2. The number of carbonyl (C=O) groups is 2. The molecule has 1 heterocycles. The summed E-state index contributed by atoms with van der Waals surface area (Å²) in [5, 5.41) is 5.67. The molecule has 0 saturated heterocycles. The number of carbonyl (C=O) groups excluding carboxylic acids is 2. The minimum Gasteiger partial charge on any atom is -0.483 e. The van der Waals surface area contributed by atoms with Gasteiger partial charge in [-0.2, -0.15) is 0 Å². The van der Waals surface area contributed by atoms with E-state index in [1.54, 1.807) is 35.2 Å². The summed E-state index contributed by atoms with van der Waals surface area (Å²) in [6.07, 6.45) is 0. The van der Waals surface area contributed by atoms with Crippen LogP contribution in [0.1, 0.15) is 49.4 Å². The van der Waals surface area contributed by atoms with Gasteiger partial charge in [-0.25, -0.2) is 9.18 Å². The Kier molecular flexibility index (Phi) is 6.82. The number of nitrogens with one attached hydrogen (secondary N) is 2. The largest absolute Gasteiger partial charge is 0.483 e. The summed E-state index contributed by atoms with van der Waals surface area (Å²) in [4.78, 5) is 27.0. The van der Waals surface area contributed by atoms with Gasteiger partial charge in [-0.3, -0.25) is 4.79 Å². The molecule has 1 atom stereocenters. The molecule has 3 aromatic rings.